The fraction of sp³-hybridized carbons (Fsp3) is 0. The summed E-state index contributed by atoms with van der Waals surface area (Å²) in [6.45, 7) is 0. The van der Waals surface area contributed by atoms with Gasteiger partial charge in [-0.1, -0.05) is 164 Å². The van der Waals surface area contributed by atoms with E-state index in [1.807, 2.05) is 84.9 Å². The lowest BCUT2D eigenvalue weighted by atomic mass is 9.95. The average Bonchev–Trinajstić information content (AvgIpc) is 3.40. The van der Waals surface area contributed by atoms with Crippen LogP contribution in [0.15, 0.2) is 212 Å². The Balaban J connectivity index is 1.23. The summed E-state index contributed by atoms with van der Waals surface area (Å²) < 4.78 is 160. The summed E-state index contributed by atoms with van der Waals surface area (Å²) in [4.78, 5) is 11.0. The molecule has 0 saturated heterocycles. The van der Waals surface area contributed by atoms with Gasteiger partial charge in [0, 0.05) is 33.6 Å². The minimum atomic E-state index is -1.03. The molecule has 1 heterocycles. The molecule has 0 spiro atoms. The van der Waals surface area contributed by atoms with Crippen LogP contribution < -0.4 is 4.90 Å². The molecule has 0 amide bonds. The lowest BCUT2D eigenvalue weighted by Gasteiger charge is -2.26. The summed E-state index contributed by atoms with van der Waals surface area (Å²) in [5.74, 6) is 0. The molecule has 0 fully saturated rings. The van der Waals surface area contributed by atoms with Crippen LogP contribution in [0.3, 0.4) is 0 Å². The van der Waals surface area contributed by atoms with Crippen LogP contribution in [0.4, 0.5) is 17.1 Å². The molecular weight excluding hydrogens is 667 g/mol. The molecule has 1 aromatic heterocycles. The first-order chi connectivity index (χ1) is 34.8. The second-order valence-corrected chi connectivity index (χ2v) is 12.4. The molecule has 258 valence electrons. The summed E-state index contributed by atoms with van der Waals surface area (Å²) in [5, 5.41) is 2.86. The van der Waals surface area contributed by atoms with Gasteiger partial charge in [-0.3, -0.25) is 0 Å². The van der Waals surface area contributed by atoms with E-state index in [0.29, 0.717) is 38.1 Å². The van der Waals surface area contributed by atoms with Gasteiger partial charge in [0.25, 0.3) is 0 Å². The summed E-state index contributed by atoms with van der Waals surface area (Å²) >= 11 is 0. The summed E-state index contributed by atoms with van der Waals surface area (Å²) in [6, 6.07) is 16.2. The zero-order chi connectivity index (χ0) is 52.2. The second-order valence-electron chi connectivity index (χ2n) is 12.4. The van der Waals surface area contributed by atoms with E-state index in [1.165, 1.54) is 0 Å². The highest BCUT2D eigenvalue weighted by Crippen LogP contribution is 2.39. The third-order valence-corrected chi connectivity index (χ3v) is 9.15. The molecule has 10 rings (SSSR count). The normalized spacial score (nSPS) is 15.9. The van der Waals surface area contributed by atoms with Crippen LogP contribution in [0.5, 0.6) is 0 Å². The van der Waals surface area contributed by atoms with Crippen molar-refractivity contribution in [2.24, 2.45) is 0 Å². The van der Waals surface area contributed by atoms with Crippen LogP contribution in [0.1, 0.15) is 24.7 Å². The van der Waals surface area contributed by atoms with Gasteiger partial charge in [-0.2, -0.15) is 0 Å². The molecule has 0 N–H and O–H groups in total. The predicted octanol–water partition coefficient (Wildman–Crippen LogP) is 14.1. The van der Waals surface area contributed by atoms with Crippen LogP contribution in [0.2, 0.25) is 0 Å². The van der Waals surface area contributed by atoms with Crippen molar-refractivity contribution in [3.05, 3.63) is 212 Å². The van der Waals surface area contributed by atoms with Gasteiger partial charge in [0.05, 0.1) is 47.1 Å². The molecule has 10 aromatic rings. The minimum Gasteiger partial charge on any atom is -0.311 e. The molecule has 0 aliphatic rings. The standard InChI is InChI=1S/C52H35N3/c1-5-13-36(14-6-1)37-25-30-45(31-26-37)55(44-19-11-4-12-20-44)46-32-27-38(28-33-46)43-24-22-39-21-23-40-29-34-48-52(49(40)47(39)35-43)54-51(42-17-9-3-10-18-42)50(53-48)41-15-7-2-8-16-41/h1-35H/i1D,4D,5D,6D,11D,12D,13D,14D,19D,20D,25D,26D,27D,28D,30D,31D,32D,33D. The van der Waals surface area contributed by atoms with Crippen LogP contribution in [-0.2, 0) is 0 Å². The Morgan fingerprint density at radius 3 is 1.51 bits per heavy atom. The van der Waals surface area contributed by atoms with Crippen molar-refractivity contribution in [2.75, 3.05) is 4.90 Å². The number of hydrogen-bond donors (Lipinski definition) is 0. The molecule has 0 saturated carbocycles. The molecule has 55 heavy (non-hydrogen) atoms. The van der Waals surface area contributed by atoms with Gasteiger partial charge in [-0.25, -0.2) is 9.97 Å². The molecule has 9 aromatic carbocycles. The van der Waals surface area contributed by atoms with Gasteiger partial charge in [0.1, 0.15) is 0 Å². The molecule has 0 aliphatic carbocycles. The lowest BCUT2D eigenvalue weighted by molar-refractivity contribution is 1.28. The Bertz CT molecular complexity index is 3910. The quantitative estimate of drug-likeness (QED) is 0.154. The molecule has 0 aliphatic heterocycles. The van der Waals surface area contributed by atoms with Gasteiger partial charge < -0.3 is 4.90 Å². The highest BCUT2D eigenvalue weighted by molar-refractivity contribution is 6.19. The maximum absolute atomic E-state index is 9.56. The molecule has 3 nitrogen and oxygen atoms in total. The maximum Gasteiger partial charge on any atom is 0.0979 e. The molecule has 0 bridgehead atoms. The first-order valence-corrected chi connectivity index (χ1v) is 17.2. The molecule has 3 heteroatoms. The van der Waals surface area contributed by atoms with Gasteiger partial charge in [-0.05, 0) is 86.8 Å². The molecular formula is C52H35N3. The summed E-state index contributed by atoms with van der Waals surface area (Å²) in [5.41, 5.74) is 0.214. The number of rotatable bonds is 7. The number of anilines is 3. The number of para-hydroxylation sites is 1. The predicted molar refractivity (Wildman–Crippen MR) is 231 cm³/mol. The van der Waals surface area contributed by atoms with E-state index < -0.39 is 137 Å². The highest BCUT2D eigenvalue weighted by atomic mass is 15.1. The van der Waals surface area contributed by atoms with Crippen molar-refractivity contribution in [3.8, 4) is 44.8 Å². The third-order valence-electron chi connectivity index (χ3n) is 9.15. The first-order valence-electron chi connectivity index (χ1n) is 26.2. The lowest BCUT2D eigenvalue weighted by Crippen LogP contribution is -2.09. The zero-order valence-corrected chi connectivity index (χ0v) is 28.7. The molecule has 0 unspecified atom stereocenters. The molecule has 0 radical (unpaired) electrons. The SMILES string of the molecule is [2H]c1c([2H])c([2H])c(-c2c([2H])c([2H])c(N(c3c([2H])c([2H])c([2H])c([2H])c3[2H])c3c([2H])c([2H])c(-c4ccc5ccc6ccc7nc(-c8ccccc8)c(-c8ccccc8)nc7c6c5c4)c([2H])c3[2H])c([2H])c2[2H])c([2H])c1[2H]. The number of hydrogen-bond acceptors (Lipinski definition) is 3. The van der Waals surface area contributed by atoms with E-state index >= 15 is 0 Å². The minimum absolute atomic E-state index is 0.211. The number of nitrogens with zero attached hydrogens (tertiary/aromatic N) is 3. The Morgan fingerprint density at radius 1 is 0.382 bits per heavy atom. The zero-order valence-electron chi connectivity index (χ0n) is 46.7. The van der Waals surface area contributed by atoms with Crippen molar-refractivity contribution >= 4 is 49.6 Å². The Kier molecular flexibility index (Phi) is 4.70. The van der Waals surface area contributed by atoms with Gasteiger partial charge in [0.15, 0.2) is 0 Å². The second kappa shape index (κ2) is 13.9. The van der Waals surface area contributed by atoms with Gasteiger partial charge >= 0.3 is 0 Å². The average molecular weight is 720 g/mol. The van der Waals surface area contributed by atoms with E-state index in [2.05, 4.69) is 0 Å². The van der Waals surface area contributed by atoms with E-state index in [4.69, 9.17) is 26.4 Å². The Hall–Kier alpha value is -7.36. The molecule has 0 atom stereocenters. The fourth-order valence-corrected chi connectivity index (χ4v) is 6.58. The van der Waals surface area contributed by atoms with Gasteiger partial charge in [0.2, 0.25) is 0 Å². The summed E-state index contributed by atoms with van der Waals surface area (Å²) in [6.07, 6.45) is 0. The number of benzene rings is 9. The van der Waals surface area contributed by atoms with Crippen LogP contribution >= 0.6 is 0 Å². The van der Waals surface area contributed by atoms with E-state index in [0.717, 1.165) is 21.9 Å². The van der Waals surface area contributed by atoms with Crippen LogP contribution in [0.25, 0.3) is 77.3 Å². The first kappa shape index (κ1) is 18.6. The fourth-order valence-electron chi connectivity index (χ4n) is 6.58. The van der Waals surface area contributed by atoms with Crippen molar-refractivity contribution in [1.82, 2.24) is 9.97 Å². The number of aromatic nitrogens is 2. The Labute approximate surface area is 345 Å². The number of fused-ring (bicyclic) bond motifs is 5. The monoisotopic (exact) mass is 719 g/mol. The van der Waals surface area contributed by atoms with Crippen molar-refractivity contribution < 1.29 is 24.7 Å². The third kappa shape index (κ3) is 6.08. The van der Waals surface area contributed by atoms with Crippen molar-refractivity contribution in [3.63, 3.8) is 0 Å². The van der Waals surface area contributed by atoms with Crippen molar-refractivity contribution in [2.45, 2.75) is 0 Å². The van der Waals surface area contributed by atoms with Crippen LogP contribution in [0, 0.1) is 0 Å². The van der Waals surface area contributed by atoms with E-state index in [1.54, 1.807) is 18.2 Å². The van der Waals surface area contributed by atoms with E-state index in [-0.39, 0.29) is 11.1 Å². The highest BCUT2D eigenvalue weighted by Gasteiger charge is 2.17. The van der Waals surface area contributed by atoms with Gasteiger partial charge in [-0.15, -0.1) is 0 Å². The smallest absolute Gasteiger partial charge is 0.0979 e. The van der Waals surface area contributed by atoms with E-state index in [9.17, 15) is 8.22 Å². The largest absolute Gasteiger partial charge is 0.311 e. The topological polar surface area (TPSA) is 29.0 Å². The van der Waals surface area contributed by atoms with Crippen molar-refractivity contribution in [1.29, 1.82) is 0 Å². The maximum atomic E-state index is 9.56. The Morgan fingerprint density at radius 2 is 0.873 bits per heavy atom. The van der Waals surface area contributed by atoms with Crippen LogP contribution in [-0.4, -0.2) is 9.97 Å². The summed E-state index contributed by atoms with van der Waals surface area (Å²) in [7, 11) is 0.